The number of carbonyl (C=O) groups is 1. The zero-order chi connectivity index (χ0) is 25.8. The fourth-order valence-electron chi connectivity index (χ4n) is 3.26. The van der Waals surface area contributed by atoms with Gasteiger partial charge in [-0.3, -0.25) is 9.10 Å². The summed E-state index contributed by atoms with van der Waals surface area (Å²) < 4.78 is 77.9. The Labute approximate surface area is 205 Å². The lowest BCUT2D eigenvalue weighted by Crippen LogP contribution is -2.30. The van der Waals surface area contributed by atoms with Crippen molar-refractivity contribution >= 4 is 33.2 Å². The molecule has 0 saturated carbocycles. The Hall–Kier alpha value is -3.11. The standard InChI is InChI=1S/C24H21ClF4N2O3S/c1-35(33,34)31(22-14-19(24(27,28)29)8-11-21(22)25)15-17-2-6-18(7-3-17)23(32)30-13-12-16-4-9-20(26)10-5-16/h2-11,14H,12-13,15H2,1H3,(H,30,32). The number of sulfonamides is 1. The third-order valence-electron chi connectivity index (χ3n) is 5.10. The highest BCUT2D eigenvalue weighted by atomic mass is 35.5. The minimum absolute atomic E-state index is 0.152. The first kappa shape index (κ1) is 26.5. The Bertz CT molecular complexity index is 1300. The van der Waals surface area contributed by atoms with Crippen LogP contribution in [0.1, 0.15) is 27.0 Å². The summed E-state index contributed by atoms with van der Waals surface area (Å²) in [6.45, 7) is 0.0362. The van der Waals surface area contributed by atoms with Crippen molar-refractivity contribution in [1.29, 1.82) is 0 Å². The van der Waals surface area contributed by atoms with Gasteiger partial charge in [0.1, 0.15) is 5.82 Å². The molecule has 0 aliphatic rings. The van der Waals surface area contributed by atoms with Gasteiger partial charge < -0.3 is 5.32 Å². The zero-order valence-corrected chi connectivity index (χ0v) is 20.0. The molecule has 1 N–H and O–H groups in total. The lowest BCUT2D eigenvalue weighted by Gasteiger charge is -2.24. The fraction of sp³-hybridized carbons (Fsp3) is 0.208. The quantitative estimate of drug-likeness (QED) is 0.396. The molecular formula is C24H21ClF4N2O3S. The van der Waals surface area contributed by atoms with E-state index in [4.69, 9.17) is 11.6 Å². The van der Waals surface area contributed by atoms with Crippen LogP contribution in [-0.4, -0.2) is 27.1 Å². The molecule has 1 amide bonds. The summed E-state index contributed by atoms with van der Waals surface area (Å²) in [6.07, 6.45) is -3.30. The number of alkyl halides is 3. The van der Waals surface area contributed by atoms with Gasteiger partial charge in [-0.05, 0) is 60.0 Å². The van der Waals surface area contributed by atoms with Gasteiger partial charge in [-0.15, -0.1) is 0 Å². The maximum atomic E-state index is 13.1. The van der Waals surface area contributed by atoms with Crippen LogP contribution < -0.4 is 9.62 Å². The number of nitrogens with zero attached hydrogens (tertiary/aromatic N) is 1. The molecule has 0 aliphatic carbocycles. The van der Waals surface area contributed by atoms with Crippen LogP contribution in [0, 0.1) is 5.82 Å². The van der Waals surface area contributed by atoms with E-state index in [9.17, 15) is 30.8 Å². The minimum Gasteiger partial charge on any atom is -0.352 e. The second kappa shape index (κ2) is 10.7. The van der Waals surface area contributed by atoms with Crippen LogP contribution in [0.5, 0.6) is 0 Å². The Balaban J connectivity index is 1.71. The number of carbonyl (C=O) groups excluding carboxylic acids is 1. The molecule has 0 aliphatic heterocycles. The van der Waals surface area contributed by atoms with E-state index in [2.05, 4.69) is 5.32 Å². The number of hydrogen-bond acceptors (Lipinski definition) is 3. The zero-order valence-electron chi connectivity index (χ0n) is 18.4. The van der Waals surface area contributed by atoms with Gasteiger partial charge in [0.15, 0.2) is 0 Å². The number of rotatable bonds is 8. The summed E-state index contributed by atoms with van der Waals surface area (Å²) in [7, 11) is -3.99. The molecule has 0 saturated heterocycles. The third kappa shape index (κ3) is 7.19. The van der Waals surface area contributed by atoms with Crippen LogP contribution in [0.4, 0.5) is 23.2 Å². The first-order valence-electron chi connectivity index (χ1n) is 10.3. The number of halogens is 5. The average Bonchev–Trinajstić information content (AvgIpc) is 2.78. The number of anilines is 1. The molecule has 3 aromatic rings. The van der Waals surface area contributed by atoms with Crippen LogP contribution in [-0.2, 0) is 29.2 Å². The number of amides is 1. The lowest BCUT2D eigenvalue weighted by molar-refractivity contribution is -0.137. The second-order valence-electron chi connectivity index (χ2n) is 7.76. The van der Waals surface area contributed by atoms with Crippen LogP contribution in [0.3, 0.4) is 0 Å². The van der Waals surface area contributed by atoms with E-state index in [0.29, 0.717) is 30.2 Å². The number of hydrogen-bond donors (Lipinski definition) is 1. The van der Waals surface area contributed by atoms with E-state index >= 15 is 0 Å². The molecule has 3 aromatic carbocycles. The van der Waals surface area contributed by atoms with Gasteiger partial charge in [0.25, 0.3) is 5.91 Å². The van der Waals surface area contributed by atoms with Crippen molar-refractivity contribution in [3.8, 4) is 0 Å². The van der Waals surface area contributed by atoms with Gasteiger partial charge in [0, 0.05) is 12.1 Å². The maximum Gasteiger partial charge on any atom is 0.416 e. The Kier molecular flexibility index (Phi) is 8.07. The molecule has 0 bridgehead atoms. The molecule has 0 aromatic heterocycles. The molecule has 3 rings (SSSR count). The van der Waals surface area contributed by atoms with Gasteiger partial charge in [-0.1, -0.05) is 35.9 Å². The monoisotopic (exact) mass is 528 g/mol. The number of benzene rings is 3. The molecule has 0 heterocycles. The SMILES string of the molecule is CS(=O)(=O)N(Cc1ccc(C(=O)NCCc2ccc(F)cc2)cc1)c1cc(C(F)(F)F)ccc1Cl. The largest absolute Gasteiger partial charge is 0.416 e. The third-order valence-corrected chi connectivity index (χ3v) is 6.54. The van der Waals surface area contributed by atoms with E-state index in [1.807, 2.05) is 0 Å². The van der Waals surface area contributed by atoms with Crippen molar-refractivity contribution in [2.24, 2.45) is 0 Å². The van der Waals surface area contributed by atoms with Gasteiger partial charge in [0.2, 0.25) is 10.0 Å². The summed E-state index contributed by atoms with van der Waals surface area (Å²) in [5.41, 5.74) is 0.281. The van der Waals surface area contributed by atoms with Crippen LogP contribution in [0.2, 0.25) is 5.02 Å². The van der Waals surface area contributed by atoms with Crippen LogP contribution >= 0.6 is 11.6 Å². The Morgan fingerprint density at radius 3 is 2.14 bits per heavy atom. The smallest absolute Gasteiger partial charge is 0.352 e. The van der Waals surface area contributed by atoms with Gasteiger partial charge in [-0.25, -0.2) is 12.8 Å². The van der Waals surface area contributed by atoms with Crippen LogP contribution in [0.25, 0.3) is 0 Å². The van der Waals surface area contributed by atoms with E-state index in [0.717, 1.165) is 28.3 Å². The van der Waals surface area contributed by atoms with Crippen molar-refractivity contribution in [2.45, 2.75) is 19.1 Å². The summed E-state index contributed by atoms with van der Waals surface area (Å²) in [5, 5.41) is 2.58. The van der Waals surface area contributed by atoms with Gasteiger partial charge >= 0.3 is 6.18 Å². The van der Waals surface area contributed by atoms with E-state index < -0.39 is 21.8 Å². The molecule has 0 atom stereocenters. The van der Waals surface area contributed by atoms with Crippen molar-refractivity contribution in [3.05, 3.63) is 99.8 Å². The van der Waals surface area contributed by atoms with Crippen LogP contribution in [0.15, 0.2) is 66.7 Å². The lowest BCUT2D eigenvalue weighted by atomic mass is 10.1. The highest BCUT2D eigenvalue weighted by Crippen LogP contribution is 2.36. The predicted molar refractivity (Wildman–Crippen MR) is 126 cm³/mol. The Morgan fingerprint density at radius 2 is 1.57 bits per heavy atom. The number of nitrogens with one attached hydrogen (secondary N) is 1. The first-order chi connectivity index (χ1) is 16.3. The highest BCUT2D eigenvalue weighted by molar-refractivity contribution is 7.92. The predicted octanol–water partition coefficient (Wildman–Crippen LogP) is 5.44. The summed E-state index contributed by atoms with van der Waals surface area (Å²) in [4.78, 5) is 12.4. The van der Waals surface area contributed by atoms with Gasteiger partial charge in [0.05, 0.1) is 29.1 Å². The molecule has 0 fully saturated rings. The van der Waals surface area contributed by atoms with E-state index in [1.54, 1.807) is 12.1 Å². The topological polar surface area (TPSA) is 66.5 Å². The molecule has 0 radical (unpaired) electrons. The normalized spacial score (nSPS) is 11.8. The van der Waals surface area contributed by atoms with Crippen molar-refractivity contribution in [2.75, 3.05) is 17.1 Å². The average molecular weight is 529 g/mol. The van der Waals surface area contributed by atoms with E-state index in [-0.39, 0.29) is 29.0 Å². The Morgan fingerprint density at radius 1 is 0.971 bits per heavy atom. The molecule has 5 nitrogen and oxygen atoms in total. The van der Waals surface area contributed by atoms with E-state index in [1.165, 1.54) is 36.4 Å². The fourth-order valence-corrected chi connectivity index (χ4v) is 4.42. The summed E-state index contributed by atoms with van der Waals surface area (Å²) in [5.74, 6) is -0.706. The molecule has 35 heavy (non-hydrogen) atoms. The second-order valence-corrected chi connectivity index (χ2v) is 10.1. The van der Waals surface area contributed by atoms with Crippen molar-refractivity contribution in [3.63, 3.8) is 0 Å². The molecular weight excluding hydrogens is 508 g/mol. The molecule has 0 spiro atoms. The maximum absolute atomic E-state index is 13.1. The molecule has 186 valence electrons. The summed E-state index contributed by atoms with van der Waals surface area (Å²) >= 11 is 6.04. The van der Waals surface area contributed by atoms with Gasteiger partial charge in [-0.2, -0.15) is 13.2 Å². The van der Waals surface area contributed by atoms with Crippen molar-refractivity contribution in [1.82, 2.24) is 5.32 Å². The molecule has 11 heteroatoms. The molecule has 0 unspecified atom stereocenters. The first-order valence-corrected chi connectivity index (χ1v) is 12.5. The highest BCUT2D eigenvalue weighted by Gasteiger charge is 2.32. The van der Waals surface area contributed by atoms with Crippen molar-refractivity contribution < 1.29 is 30.8 Å². The summed E-state index contributed by atoms with van der Waals surface area (Å²) in [6, 6.07) is 14.4. The minimum atomic E-state index is -4.67.